The summed E-state index contributed by atoms with van der Waals surface area (Å²) in [6.07, 6.45) is 2.74. The Kier molecular flexibility index (Phi) is 4.99. The Morgan fingerprint density at radius 1 is 1.35 bits per heavy atom. The van der Waals surface area contributed by atoms with E-state index in [0.717, 1.165) is 25.9 Å². The number of anilines is 1. The van der Waals surface area contributed by atoms with E-state index in [4.69, 9.17) is 0 Å². The van der Waals surface area contributed by atoms with E-state index in [1.807, 2.05) is 0 Å². The number of hydrogen-bond donors (Lipinski definition) is 2. The first-order valence-corrected chi connectivity index (χ1v) is 8.59. The van der Waals surface area contributed by atoms with Gasteiger partial charge in [0.2, 0.25) is 10.0 Å². The number of benzene rings is 1. The maximum atomic E-state index is 13.1. The summed E-state index contributed by atoms with van der Waals surface area (Å²) in [6.45, 7) is 3.55. The summed E-state index contributed by atoms with van der Waals surface area (Å²) in [6, 6.07) is 4.24. The van der Waals surface area contributed by atoms with Crippen LogP contribution in [0, 0.1) is 18.7 Å². The summed E-state index contributed by atoms with van der Waals surface area (Å²) in [4.78, 5) is 0. The van der Waals surface area contributed by atoms with Gasteiger partial charge in [0.15, 0.2) is 0 Å². The van der Waals surface area contributed by atoms with E-state index in [2.05, 4.69) is 10.0 Å². The number of piperidine rings is 1. The van der Waals surface area contributed by atoms with E-state index in [9.17, 15) is 12.8 Å². The Morgan fingerprint density at radius 3 is 2.70 bits per heavy atom. The minimum atomic E-state index is -3.36. The van der Waals surface area contributed by atoms with Gasteiger partial charge in [-0.1, -0.05) is 0 Å². The molecule has 20 heavy (non-hydrogen) atoms. The van der Waals surface area contributed by atoms with Crippen LogP contribution in [0.5, 0.6) is 0 Å². The summed E-state index contributed by atoms with van der Waals surface area (Å²) in [5.74, 6) is 0.263. The quantitative estimate of drug-likeness (QED) is 0.877. The Balaban J connectivity index is 1.91. The number of sulfonamides is 1. The summed E-state index contributed by atoms with van der Waals surface area (Å²) in [5, 5.41) is 3.26. The summed E-state index contributed by atoms with van der Waals surface area (Å²) in [7, 11) is -3.36. The largest absolute Gasteiger partial charge is 0.317 e. The average Bonchev–Trinajstić information content (AvgIpc) is 2.42. The molecule has 1 aromatic rings. The molecule has 1 heterocycles. The first-order valence-electron chi connectivity index (χ1n) is 6.94. The van der Waals surface area contributed by atoms with Crippen LogP contribution in [-0.2, 0) is 10.0 Å². The van der Waals surface area contributed by atoms with Crippen molar-refractivity contribution in [2.24, 2.45) is 5.92 Å². The van der Waals surface area contributed by atoms with Gasteiger partial charge < -0.3 is 5.32 Å². The van der Waals surface area contributed by atoms with Crippen LogP contribution >= 0.6 is 0 Å². The maximum Gasteiger partial charge on any atom is 0.232 e. The minimum absolute atomic E-state index is 0.119. The van der Waals surface area contributed by atoms with Crippen LogP contribution in [0.3, 0.4) is 0 Å². The lowest BCUT2D eigenvalue weighted by molar-refractivity contribution is 0.365. The highest BCUT2D eigenvalue weighted by atomic mass is 32.2. The summed E-state index contributed by atoms with van der Waals surface area (Å²) in [5.41, 5.74) is 0.859. The number of rotatable bonds is 5. The van der Waals surface area contributed by atoms with Crippen LogP contribution in [0.25, 0.3) is 0 Å². The molecule has 2 rings (SSSR count). The highest BCUT2D eigenvalue weighted by molar-refractivity contribution is 7.92. The zero-order chi connectivity index (χ0) is 14.6. The molecule has 2 N–H and O–H groups in total. The molecule has 112 valence electrons. The smallest absolute Gasteiger partial charge is 0.232 e. The molecule has 1 fully saturated rings. The van der Waals surface area contributed by atoms with Gasteiger partial charge in [-0.25, -0.2) is 12.8 Å². The van der Waals surface area contributed by atoms with Gasteiger partial charge in [0.1, 0.15) is 5.82 Å². The van der Waals surface area contributed by atoms with Gasteiger partial charge in [0.05, 0.1) is 5.75 Å². The SMILES string of the molecule is Cc1cc(NS(=O)(=O)CCC2CCNCC2)ccc1F. The highest BCUT2D eigenvalue weighted by Gasteiger charge is 2.18. The van der Waals surface area contributed by atoms with Crippen LogP contribution in [0.1, 0.15) is 24.8 Å². The van der Waals surface area contributed by atoms with E-state index >= 15 is 0 Å². The van der Waals surface area contributed by atoms with E-state index in [0.29, 0.717) is 23.6 Å². The number of hydrogen-bond acceptors (Lipinski definition) is 3. The molecule has 0 radical (unpaired) electrons. The van der Waals surface area contributed by atoms with Crippen molar-refractivity contribution in [2.45, 2.75) is 26.2 Å². The zero-order valence-electron chi connectivity index (χ0n) is 11.7. The molecule has 0 saturated carbocycles. The fourth-order valence-electron chi connectivity index (χ4n) is 2.43. The Bertz CT molecular complexity index is 554. The van der Waals surface area contributed by atoms with Crippen molar-refractivity contribution >= 4 is 15.7 Å². The van der Waals surface area contributed by atoms with E-state index in [1.165, 1.54) is 18.2 Å². The third kappa shape index (κ3) is 4.45. The molecule has 0 bridgehead atoms. The van der Waals surface area contributed by atoms with Crippen LogP contribution in [-0.4, -0.2) is 27.3 Å². The average molecular weight is 300 g/mol. The molecule has 1 aromatic carbocycles. The topological polar surface area (TPSA) is 58.2 Å². The third-order valence-electron chi connectivity index (χ3n) is 3.68. The first-order chi connectivity index (χ1) is 9.46. The molecule has 1 saturated heterocycles. The van der Waals surface area contributed by atoms with Crippen molar-refractivity contribution in [1.29, 1.82) is 0 Å². The lowest BCUT2D eigenvalue weighted by atomic mass is 9.96. The molecule has 0 atom stereocenters. The van der Waals surface area contributed by atoms with E-state index in [1.54, 1.807) is 6.92 Å². The molecule has 0 aromatic heterocycles. The van der Waals surface area contributed by atoms with Gasteiger partial charge in [0, 0.05) is 5.69 Å². The van der Waals surface area contributed by atoms with E-state index < -0.39 is 10.0 Å². The molecular weight excluding hydrogens is 279 g/mol. The van der Waals surface area contributed by atoms with Crippen LogP contribution in [0.2, 0.25) is 0 Å². The molecule has 0 unspecified atom stereocenters. The lowest BCUT2D eigenvalue weighted by Crippen LogP contribution is -2.29. The Hall–Kier alpha value is -1.14. The number of aryl methyl sites for hydroxylation is 1. The van der Waals surface area contributed by atoms with Gasteiger partial charge in [-0.3, -0.25) is 4.72 Å². The van der Waals surface area contributed by atoms with Crippen molar-refractivity contribution in [2.75, 3.05) is 23.6 Å². The zero-order valence-corrected chi connectivity index (χ0v) is 12.5. The van der Waals surface area contributed by atoms with Crippen molar-refractivity contribution in [3.8, 4) is 0 Å². The predicted octanol–water partition coefficient (Wildman–Crippen LogP) is 2.27. The monoisotopic (exact) mass is 300 g/mol. The molecule has 1 aliphatic rings. The van der Waals surface area contributed by atoms with E-state index in [-0.39, 0.29) is 11.6 Å². The van der Waals surface area contributed by atoms with Gasteiger partial charge >= 0.3 is 0 Å². The fraction of sp³-hybridized carbons (Fsp3) is 0.571. The highest BCUT2D eigenvalue weighted by Crippen LogP contribution is 2.19. The second kappa shape index (κ2) is 6.54. The van der Waals surface area contributed by atoms with Gasteiger partial charge in [0.25, 0.3) is 0 Å². The molecule has 0 aliphatic carbocycles. The Morgan fingerprint density at radius 2 is 2.05 bits per heavy atom. The van der Waals surface area contributed by atoms with Crippen molar-refractivity contribution in [3.63, 3.8) is 0 Å². The normalized spacial score (nSPS) is 17.1. The van der Waals surface area contributed by atoms with Gasteiger partial charge in [-0.2, -0.15) is 0 Å². The number of nitrogens with one attached hydrogen (secondary N) is 2. The predicted molar refractivity (Wildman–Crippen MR) is 78.8 cm³/mol. The summed E-state index contributed by atoms with van der Waals surface area (Å²) >= 11 is 0. The number of halogens is 1. The van der Waals surface area contributed by atoms with Crippen LogP contribution in [0.15, 0.2) is 18.2 Å². The first kappa shape index (κ1) is 15.3. The molecule has 1 aliphatic heterocycles. The van der Waals surface area contributed by atoms with Gasteiger partial charge in [-0.05, 0) is 69.0 Å². The second-order valence-electron chi connectivity index (χ2n) is 5.37. The molecular formula is C14H21FN2O2S. The maximum absolute atomic E-state index is 13.1. The standard InChI is InChI=1S/C14H21FN2O2S/c1-11-10-13(2-3-14(11)15)17-20(18,19)9-6-12-4-7-16-8-5-12/h2-3,10,12,16-17H,4-9H2,1H3. The van der Waals surface area contributed by atoms with Crippen molar-refractivity contribution in [1.82, 2.24) is 5.32 Å². The van der Waals surface area contributed by atoms with Crippen molar-refractivity contribution in [3.05, 3.63) is 29.6 Å². The molecule has 6 heteroatoms. The minimum Gasteiger partial charge on any atom is -0.317 e. The molecule has 4 nitrogen and oxygen atoms in total. The van der Waals surface area contributed by atoms with Crippen LogP contribution < -0.4 is 10.0 Å². The summed E-state index contributed by atoms with van der Waals surface area (Å²) < 4.78 is 39.7. The van der Waals surface area contributed by atoms with Crippen molar-refractivity contribution < 1.29 is 12.8 Å². The lowest BCUT2D eigenvalue weighted by Gasteiger charge is -2.22. The Labute approximate surface area is 119 Å². The van der Waals surface area contributed by atoms with Crippen LogP contribution in [0.4, 0.5) is 10.1 Å². The van der Waals surface area contributed by atoms with Gasteiger partial charge in [-0.15, -0.1) is 0 Å². The second-order valence-corrected chi connectivity index (χ2v) is 7.21. The third-order valence-corrected chi connectivity index (χ3v) is 5.00. The molecule has 0 amide bonds. The molecule has 0 spiro atoms. The fourth-order valence-corrected chi connectivity index (χ4v) is 3.66.